The average Bonchev–Trinajstić information content (AvgIpc) is 1.90. The fourth-order valence-electron chi connectivity index (χ4n) is 0.476. The first-order valence-electron chi connectivity index (χ1n) is 2.42. The third-order valence-corrected chi connectivity index (χ3v) is 1.67. The van der Waals surface area contributed by atoms with Crippen molar-refractivity contribution in [3.8, 4) is 0 Å². The normalized spacial score (nSPS) is 23.4. The van der Waals surface area contributed by atoms with Crippen LogP contribution < -0.4 is 5.32 Å². The van der Waals surface area contributed by atoms with Gasteiger partial charge in [-0.2, -0.15) is 0 Å². The van der Waals surface area contributed by atoms with E-state index in [1.807, 2.05) is 11.6 Å². The third-order valence-electron chi connectivity index (χ3n) is 0.904. The summed E-state index contributed by atoms with van der Waals surface area (Å²) < 4.78 is 0. The molecule has 0 aliphatic carbocycles. The molecule has 0 unspecified atom stereocenters. The van der Waals surface area contributed by atoms with Crippen LogP contribution in [0, 0.1) is 0 Å². The maximum atomic E-state index is 3.98. The second kappa shape index (κ2) is 2.77. The monoisotopic (exact) mass is 128 g/mol. The standard InChI is InChI=1S/C5H8N2S/c1-6-5-4-8-3-2-7-5/h2-3H,4H2,1H3,(H,6,7). The number of nitrogens with zero attached hydrogens (tertiary/aromatic N) is 1. The minimum absolute atomic E-state index is 0.979. The van der Waals surface area contributed by atoms with Crippen molar-refractivity contribution >= 4 is 17.6 Å². The van der Waals surface area contributed by atoms with Crippen LogP contribution in [0.3, 0.4) is 0 Å². The van der Waals surface area contributed by atoms with E-state index in [2.05, 4.69) is 10.3 Å². The highest BCUT2D eigenvalue weighted by Gasteiger charge is 1.96. The summed E-state index contributed by atoms with van der Waals surface area (Å²) in [5, 5.41) is 5.04. The zero-order chi connectivity index (χ0) is 5.82. The van der Waals surface area contributed by atoms with E-state index in [0.29, 0.717) is 0 Å². The van der Waals surface area contributed by atoms with Crippen molar-refractivity contribution in [1.29, 1.82) is 0 Å². The van der Waals surface area contributed by atoms with Gasteiger partial charge in [0.05, 0.1) is 5.75 Å². The van der Waals surface area contributed by atoms with Crippen LogP contribution in [0.15, 0.2) is 16.6 Å². The fraction of sp³-hybridized carbons (Fsp3) is 0.400. The summed E-state index contributed by atoms with van der Waals surface area (Å²) in [7, 11) is 1.79. The van der Waals surface area contributed by atoms with Gasteiger partial charge >= 0.3 is 0 Å². The van der Waals surface area contributed by atoms with Crippen LogP contribution in [0.5, 0.6) is 0 Å². The lowest BCUT2D eigenvalue weighted by molar-refractivity contribution is 1.21. The maximum absolute atomic E-state index is 3.98. The van der Waals surface area contributed by atoms with Crippen molar-refractivity contribution in [3.05, 3.63) is 11.6 Å². The minimum atomic E-state index is 0.979. The van der Waals surface area contributed by atoms with Crippen LogP contribution in [0.25, 0.3) is 0 Å². The summed E-state index contributed by atoms with van der Waals surface area (Å²) in [6.45, 7) is 0. The SMILES string of the molecule is CN=C1CSC=CN1. The van der Waals surface area contributed by atoms with Crippen molar-refractivity contribution < 1.29 is 0 Å². The van der Waals surface area contributed by atoms with Crippen molar-refractivity contribution in [2.75, 3.05) is 12.8 Å². The van der Waals surface area contributed by atoms with Gasteiger partial charge in [0, 0.05) is 13.2 Å². The van der Waals surface area contributed by atoms with E-state index in [9.17, 15) is 0 Å². The summed E-state index contributed by atoms with van der Waals surface area (Å²) in [5.74, 6) is 2.03. The van der Waals surface area contributed by atoms with Crippen LogP contribution >= 0.6 is 11.8 Å². The van der Waals surface area contributed by atoms with Gasteiger partial charge in [0.1, 0.15) is 5.84 Å². The van der Waals surface area contributed by atoms with E-state index >= 15 is 0 Å². The Labute approximate surface area is 53.1 Å². The predicted octanol–water partition coefficient (Wildman–Crippen LogP) is 0.822. The Kier molecular flexibility index (Phi) is 1.97. The first-order valence-corrected chi connectivity index (χ1v) is 3.47. The summed E-state index contributed by atoms with van der Waals surface area (Å²) in [4.78, 5) is 3.98. The van der Waals surface area contributed by atoms with Gasteiger partial charge < -0.3 is 5.32 Å². The molecule has 1 rings (SSSR count). The predicted molar refractivity (Wildman–Crippen MR) is 38.1 cm³/mol. The Morgan fingerprint density at radius 2 is 2.75 bits per heavy atom. The topological polar surface area (TPSA) is 24.4 Å². The molecule has 0 radical (unpaired) electrons. The van der Waals surface area contributed by atoms with E-state index in [0.717, 1.165) is 11.6 Å². The number of hydrogen-bond donors (Lipinski definition) is 1. The molecule has 0 aromatic rings. The molecule has 1 aliphatic rings. The molecule has 0 fully saturated rings. The molecule has 0 spiro atoms. The molecule has 0 aromatic carbocycles. The first kappa shape index (κ1) is 5.69. The Morgan fingerprint density at radius 1 is 1.88 bits per heavy atom. The lowest BCUT2D eigenvalue weighted by Crippen LogP contribution is -2.21. The van der Waals surface area contributed by atoms with Crippen LogP contribution in [0.2, 0.25) is 0 Å². The van der Waals surface area contributed by atoms with Crippen molar-refractivity contribution in [1.82, 2.24) is 5.32 Å². The van der Waals surface area contributed by atoms with Gasteiger partial charge in [0.15, 0.2) is 0 Å². The van der Waals surface area contributed by atoms with Crippen LogP contribution in [-0.4, -0.2) is 18.6 Å². The summed E-state index contributed by atoms with van der Waals surface area (Å²) in [6, 6.07) is 0. The number of thioether (sulfide) groups is 1. The lowest BCUT2D eigenvalue weighted by atomic mass is 10.6. The third kappa shape index (κ3) is 1.26. The Morgan fingerprint density at radius 3 is 3.12 bits per heavy atom. The molecule has 1 N–H and O–H groups in total. The summed E-state index contributed by atoms with van der Waals surface area (Å²) >= 11 is 1.75. The molecular formula is C5H8N2S. The number of rotatable bonds is 0. The van der Waals surface area contributed by atoms with Crippen molar-refractivity contribution in [2.24, 2.45) is 4.99 Å². The minimum Gasteiger partial charge on any atom is -0.349 e. The molecule has 0 amide bonds. The smallest absolute Gasteiger partial charge is 0.110 e. The maximum Gasteiger partial charge on any atom is 0.110 e. The molecule has 2 nitrogen and oxygen atoms in total. The van der Waals surface area contributed by atoms with E-state index in [4.69, 9.17) is 0 Å². The van der Waals surface area contributed by atoms with E-state index in [-0.39, 0.29) is 0 Å². The highest BCUT2D eigenvalue weighted by Crippen LogP contribution is 2.04. The molecule has 1 aliphatic heterocycles. The van der Waals surface area contributed by atoms with Gasteiger partial charge in [-0.25, -0.2) is 0 Å². The van der Waals surface area contributed by atoms with Gasteiger partial charge in [0.25, 0.3) is 0 Å². The molecular weight excluding hydrogens is 120 g/mol. The molecule has 0 atom stereocenters. The number of amidine groups is 1. The quantitative estimate of drug-likeness (QED) is 0.522. The van der Waals surface area contributed by atoms with Gasteiger partial charge in [-0.1, -0.05) is 0 Å². The van der Waals surface area contributed by atoms with Gasteiger partial charge in [-0.15, -0.1) is 11.8 Å². The Hall–Kier alpha value is -0.440. The Bertz CT molecular complexity index is 128. The first-order chi connectivity index (χ1) is 3.93. The van der Waals surface area contributed by atoms with E-state index < -0.39 is 0 Å². The summed E-state index contributed by atoms with van der Waals surface area (Å²) in [5.41, 5.74) is 0. The molecule has 0 bridgehead atoms. The van der Waals surface area contributed by atoms with Gasteiger partial charge in [0.2, 0.25) is 0 Å². The van der Waals surface area contributed by atoms with Gasteiger partial charge in [-0.3, -0.25) is 4.99 Å². The largest absolute Gasteiger partial charge is 0.349 e. The van der Waals surface area contributed by atoms with E-state index in [1.54, 1.807) is 18.8 Å². The summed E-state index contributed by atoms with van der Waals surface area (Å²) in [6.07, 6.45) is 1.90. The average molecular weight is 128 g/mol. The van der Waals surface area contributed by atoms with Gasteiger partial charge in [-0.05, 0) is 5.41 Å². The molecule has 8 heavy (non-hydrogen) atoms. The van der Waals surface area contributed by atoms with Crippen LogP contribution in [0.1, 0.15) is 0 Å². The fourth-order valence-corrected chi connectivity index (χ4v) is 1.11. The molecule has 0 saturated heterocycles. The number of aliphatic imine (C=N–C) groups is 1. The second-order valence-electron chi connectivity index (χ2n) is 1.43. The number of nitrogens with one attached hydrogen (secondary N) is 1. The van der Waals surface area contributed by atoms with E-state index in [1.165, 1.54) is 0 Å². The lowest BCUT2D eigenvalue weighted by Gasteiger charge is -2.06. The van der Waals surface area contributed by atoms with Crippen molar-refractivity contribution in [3.63, 3.8) is 0 Å². The van der Waals surface area contributed by atoms with Crippen LogP contribution in [0.4, 0.5) is 0 Å². The molecule has 0 aromatic heterocycles. The molecule has 0 saturated carbocycles. The molecule has 3 heteroatoms. The van der Waals surface area contributed by atoms with Crippen LogP contribution in [-0.2, 0) is 0 Å². The number of hydrogen-bond acceptors (Lipinski definition) is 2. The Balaban J connectivity index is 2.50. The zero-order valence-electron chi connectivity index (χ0n) is 4.72. The molecule has 44 valence electrons. The highest BCUT2D eigenvalue weighted by molar-refractivity contribution is 8.02. The molecule has 1 heterocycles. The second-order valence-corrected chi connectivity index (χ2v) is 2.32. The van der Waals surface area contributed by atoms with Crippen molar-refractivity contribution in [2.45, 2.75) is 0 Å². The highest BCUT2D eigenvalue weighted by atomic mass is 32.2. The zero-order valence-corrected chi connectivity index (χ0v) is 5.53.